The van der Waals surface area contributed by atoms with E-state index in [1.807, 2.05) is 0 Å². The highest BCUT2D eigenvalue weighted by Crippen LogP contribution is 2.37. The lowest BCUT2D eigenvalue weighted by Gasteiger charge is -2.15. The van der Waals surface area contributed by atoms with Crippen molar-refractivity contribution in [1.29, 1.82) is 0 Å². The molecule has 33 heavy (non-hydrogen) atoms. The zero-order valence-corrected chi connectivity index (χ0v) is 19.9. The number of esters is 1. The Hall–Kier alpha value is -2.89. The van der Waals surface area contributed by atoms with Crippen molar-refractivity contribution in [2.45, 2.75) is 90.9 Å². The van der Waals surface area contributed by atoms with Crippen LogP contribution < -0.4 is 4.74 Å². The first-order valence-electron chi connectivity index (χ1n) is 12.2. The number of aromatic hydroxyl groups is 4. The summed E-state index contributed by atoms with van der Waals surface area (Å²) in [7, 11) is 0. The van der Waals surface area contributed by atoms with Crippen LogP contribution in [0.4, 0.5) is 0 Å². The van der Waals surface area contributed by atoms with Gasteiger partial charge in [0.1, 0.15) is 11.5 Å². The summed E-state index contributed by atoms with van der Waals surface area (Å²) in [5.74, 6) is -2.25. The van der Waals surface area contributed by atoms with Gasteiger partial charge in [0, 0.05) is 5.56 Å². The third-order valence-corrected chi connectivity index (χ3v) is 5.91. The molecule has 0 amide bonds. The Labute approximate surface area is 196 Å². The molecule has 0 bridgehead atoms. The van der Waals surface area contributed by atoms with Gasteiger partial charge in [-0.1, -0.05) is 71.3 Å². The van der Waals surface area contributed by atoms with Gasteiger partial charge in [-0.2, -0.15) is 0 Å². The Morgan fingerprint density at radius 3 is 1.91 bits per heavy atom. The SMILES string of the molecule is CCCCCCCCc1c(OC(=O)c2cc(O)c(O)c(O)c2)ccc(CCCCCC)c1O. The molecule has 0 unspecified atom stereocenters. The predicted octanol–water partition coefficient (Wildman–Crippen LogP) is 6.75. The molecule has 2 rings (SSSR count). The molecule has 0 aliphatic heterocycles. The van der Waals surface area contributed by atoms with Crippen molar-refractivity contribution in [3.05, 3.63) is 41.0 Å². The lowest BCUT2D eigenvalue weighted by molar-refractivity contribution is 0.0731. The average molecular weight is 459 g/mol. The summed E-state index contributed by atoms with van der Waals surface area (Å²) in [5, 5.41) is 39.9. The van der Waals surface area contributed by atoms with Gasteiger partial charge < -0.3 is 25.2 Å². The van der Waals surface area contributed by atoms with Crippen molar-refractivity contribution < 1.29 is 30.0 Å². The van der Waals surface area contributed by atoms with Crippen molar-refractivity contribution in [2.75, 3.05) is 0 Å². The molecule has 0 atom stereocenters. The van der Waals surface area contributed by atoms with E-state index in [9.17, 15) is 25.2 Å². The van der Waals surface area contributed by atoms with Crippen LogP contribution in [0.15, 0.2) is 24.3 Å². The van der Waals surface area contributed by atoms with Gasteiger partial charge in [0.2, 0.25) is 0 Å². The van der Waals surface area contributed by atoms with E-state index in [0.29, 0.717) is 12.0 Å². The average Bonchev–Trinajstić information content (AvgIpc) is 2.79. The van der Waals surface area contributed by atoms with Crippen LogP contribution >= 0.6 is 0 Å². The van der Waals surface area contributed by atoms with Crippen LogP contribution in [0.2, 0.25) is 0 Å². The van der Waals surface area contributed by atoms with Gasteiger partial charge in [0.15, 0.2) is 17.2 Å². The number of unbranched alkanes of at least 4 members (excludes halogenated alkanes) is 8. The summed E-state index contributed by atoms with van der Waals surface area (Å²) in [6, 6.07) is 5.57. The summed E-state index contributed by atoms with van der Waals surface area (Å²) >= 11 is 0. The van der Waals surface area contributed by atoms with E-state index in [1.165, 1.54) is 19.3 Å². The predicted molar refractivity (Wildman–Crippen MR) is 129 cm³/mol. The van der Waals surface area contributed by atoms with Crippen molar-refractivity contribution in [3.8, 4) is 28.7 Å². The lowest BCUT2D eigenvalue weighted by atomic mass is 9.97. The summed E-state index contributed by atoms with van der Waals surface area (Å²) in [4.78, 5) is 12.7. The fourth-order valence-corrected chi connectivity index (χ4v) is 3.91. The maximum absolute atomic E-state index is 12.7. The van der Waals surface area contributed by atoms with Crippen molar-refractivity contribution >= 4 is 5.97 Å². The lowest BCUT2D eigenvalue weighted by Crippen LogP contribution is -2.10. The fourth-order valence-electron chi connectivity index (χ4n) is 3.91. The molecule has 2 aromatic carbocycles. The van der Waals surface area contributed by atoms with Crippen molar-refractivity contribution in [2.24, 2.45) is 0 Å². The minimum Gasteiger partial charge on any atom is -0.507 e. The number of hydrogen-bond acceptors (Lipinski definition) is 6. The maximum atomic E-state index is 12.7. The first-order valence-corrected chi connectivity index (χ1v) is 12.2. The van der Waals surface area contributed by atoms with Crippen molar-refractivity contribution in [1.82, 2.24) is 0 Å². The normalized spacial score (nSPS) is 11.0. The Balaban J connectivity index is 2.19. The number of carbonyl (C=O) groups excluding carboxylic acids is 1. The number of benzene rings is 2. The molecule has 0 aromatic heterocycles. The minimum absolute atomic E-state index is 0.101. The zero-order valence-electron chi connectivity index (χ0n) is 19.9. The molecule has 6 nitrogen and oxygen atoms in total. The highest BCUT2D eigenvalue weighted by atomic mass is 16.5. The Morgan fingerprint density at radius 1 is 0.727 bits per heavy atom. The van der Waals surface area contributed by atoms with Crippen molar-refractivity contribution in [3.63, 3.8) is 0 Å². The summed E-state index contributed by atoms with van der Waals surface area (Å²) in [6.45, 7) is 4.34. The zero-order chi connectivity index (χ0) is 24.2. The first kappa shape index (κ1) is 26.4. The molecule has 0 saturated heterocycles. The molecule has 0 radical (unpaired) electrons. The molecular weight excluding hydrogens is 420 g/mol. The standard InChI is InChI=1S/C27H38O6/c1-3-5-7-9-10-12-14-21-24(16-15-19(25(21)30)13-11-8-6-4-2)33-27(32)20-17-22(28)26(31)23(29)18-20/h15-18,28-31H,3-14H2,1-2H3. The number of aryl methyl sites for hydroxylation is 1. The van der Waals surface area contributed by atoms with Gasteiger partial charge in [-0.15, -0.1) is 0 Å². The highest BCUT2D eigenvalue weighted by molar-refractivity contribution is 5.92. The Kier molecular flexibility index (Phi) is 10.9. The Morgan fingerprint density at radius 2 is 1.27 bits per heavy atom. The van der Waals surface area contributed by atoms with Crippen LogP contribution in [0, 0.1) is 0 Å². The van der Waals surface area contributed by atoms with E-state index in [2.05, 4.69) is 13.8 Å². The molecule has 6 heteroatoms. The molecule has 182 valence electrons. The number of phenolic OH excluding ortho intramolecular Hbond substituents is 4. The topological polar surface area (TPSA) is 107 Å². The van der Waals surface area contributed by atoms with Gasteiger partial charge in [-0.25, -0.2) is 4.79 Å². The molecule has 0 aliphatic rings. The van der Waals surface area contributed by atoms with E-state index >= 15 is 0 Å². The fraction of sp³-hybridized carbons (Fsp3) is 0.519. The van der Waals surface area contributed by atoms with Gasteiger partial charge >= 0.3 is 5.97 Å². The van der Waals surface area contributed by atoms with Crippen LogP contribution in [0.5, 0.6) is 28.7 Å². The summed E-state index contributed by atoms with van der Waals surface area (Å²) in [5.41, 5.74) is 1.36. The van der Waals surface area contributed by atoms with Gasteiger partial charge in [-0.05, 0) is 49.4 Å². The van der Waals surface area contributed by atoms with E-state index < -0.39 is 23.2 Å². The van der Waals surface area contributed by atoms with E-state index in [4.69, 9.17) is 4.74 Å². The van der Waals surface area contributed by atoms with Gasteiger partial charge in [-0.3, -0.25) is 0 Å². The second-order valence-electron chi connectivity index (χ2n) is 8.63. The number of hydrogen-bond donors (Lipinski definition) is 4. The van der Waals surface area contributed by atoms with Crippen LogP contribution in [0.1, 0.15) is 99.5 Å². The van der Waals surface area contributed by atoms with Crippen LogP contribution in [-0.2, 0) is 12.8 Å². The summed E-state index contributed by atoms with van der Waals surface area (Å²) < 4.78 is 5.55. The molecule has 0 fully saturated rings. The largest absolute Gasteiger partial charge is 0.507 e. The quantitative estimate of drug-likeness (QED) is 0.108. The summed E-state index contributed by atoms with van der Waals surface area (Å²) in [6.07, 6.45) is 12.4. The second kappa shape index (κ2) is 13.6. The van der Waals surface area contributed by atoms with Crippen LogP contribution in [0.3, 0.4) is 0 Å². The van der Waals surface area contributed by atoms with Crippen LogP contribution in [0.25, 0.3) is 0 Å². The molecular formula is C27H38O6. The van der Waals surface area contributed by atoms with E-state index in [-0.39, 0.29) is 17.1 Å². The molecule has 4 N–H and O–H groups in total. The number of rotatable bonds is 14. The maximum Gasteiger partial charge on any atom is 0.343 e. The number of phenols is 4. The molecule has 0 heterocycles. The molecule has 0 aliphatic carbocycles. The Bertz CT molecular complexity index is 883. The first-order chi connectivity index (χ1) is 15.9. The number of ether oxygens (including phenoxy) is 1. The van der Waals surface area contributed by atoms with Gasteiger partial charge in [0.05, 0.1) is 5.56 Å². The molecule has 2 aromatic rings. The minimum atomic E-state index is -0.792. The van der Waals surface area contributed by atoms with Gasteiger partial charge in [0.25, 0.3) is 0 Å². The highest BCUT2D eigenvalue weighted by Gasteiger charge is 2.19. The third kappa shape index (κ3) is 7.88. The smallest absolute Gasteiger partial charge is 0.343 e. The molecule has 0 spiro atoms. The third-order valence-electron chi connectivity index (χ3n) is 5.91. The van der Waals surface area contributed by atoms with E-state index in [0.717, 1.165) is 69.1 Å². The second-order valence-corrected chi connectivity index (χ2v) is 8.63. The van der Waals surface area contributed by atoms with Crippen LogP contribution in [-0.4, -0.2) is 26.4 Å². The number of carbonyl (C=O) groups is 1. The molecule has 0 saturated carbocycles. The van der Waals surface area contributed by atoms with E-state index in [1.54, 1.807) is 12.1 Å². The monoisotopic (exact) mass is 458 g/mol.